The highest BCUT2D eigenvalue weighted by Crippen LogP contribution is 2.29. The van der Waals surface area contributed by atoms with Gasteiger partial charge in [-0.2, -0.15) is 0 Å². The molecule has 1 aliphatic carbocycles. The molecule has 2 heterocycles. The summed E-state index contributed by atoms with van der Waals surface area (Å²) in [5, 5.41) is 0.545. The molecule has 3 rings (SSSR count). The molecule has 0 unspecified atom stereocenters. The zero-order valence-electron chi connectivity index (χ0n) is 16.8. The number of H-pyrrole nitrogens is 1. The summed E-state index contributed by atoms with van der Waals surface area (Å²) in [6.45, 7) is 8.21. The van der Waals surface area contributed by atoms with E-state index in [1.807, 2.05) is 32.7 Å². The Morgan fingerprint density at radius 3 is 2.67 bits per heavy atom. The van der Waals surface area contributed by atoms with Gasteiger partial charge in [-0.3, -0.25) is 9.59 Å². The minimum absolute atomic E-state index is 0.0788. The van der Waals surface area contributed by atoms with Crippen LogP contribution in [-0.2, 0) is 10.5 Å². The smallest absolute Gasteiger partial charge is 0.259 e. The topological polar surface area (TPSA) is 66.1 Å². The third kappa shape index (κ3) is 4.40. The second-order valence-corrected chi connectivity index (χ2v) is 10.3. The van der Waals surface area contributed by atoms with Gasteiger partial charge in [0.25, 0.3) is 5.56 Å². The number of nitrogens with one attached hydrogen (secondary N) is 1. The Balaban J connectivity index is 1.63. The lowest BCUT2D eigenvalue weighted by Crippen LogP contribution is -2.42. The van der Waals surface area contributed by atoms with Gasteiger partial charge < -0.3 is 9.88 Å². The van der Waals surface area contributed by atoms with E-state index in [2.05, 4.69) is 16.9 Å². The van der Waals surface area contributed by atoms with Crippen LogP contribution in [0.4, 0.5) is 0 Å². The molecule has 0 aromatic carbocycles. The number of nitrogens with zero attached hydrogens (tertiary/aromatic N) is 2. The van der Waals surface area contributed by atoms with E-state index in [1.54, 1.807) is 11.3 Å². The van der Waals surface area contributed by atoms with Crippen LogP contribution < -0.4 is 5.56 Å². The Labute approximate surface area is 169 Å². The molecule has 2 aromatic rings. The van der Waals surface area contributed by atoms with Gasteiger partial charge in [-0.25, -0.2) is 4.98 Å². The van der Waals surface area contributed by atoms with E-state index in [9.17, 15) is 9.59 Å². The number of aromatic nitrogens is 2. The van der Waals surface area contributed by atoms with Crippen molar-refractivity contribution in [1.82, 2.24) is 14.9 Å². The fourth-order valence-electron chi connectivity index (χ4n) is 3.74. The first kappa shape index (κ1) is 20.4. The molecule has 1 amide bonds. The molecule has 0 aliphatic heterocycles. The molecule has 0 radical (unpaired) electrons. The van der Waals surface area contributed by atoms with Crippen molar-refractivity contribution in [3.63, 3.8) is 0 Å². The molecule has 1 fully saturated rings. The second kappa shape index (κ2) is 8.35. The highest BCUT2D eigenvalue weighted by molar-refractivity contribution is 7.99. The Bertz CT molecular complexity index is 881. The summed E-state index contributed by atoms with van der Waals surface area (Å²) in [7, 11) is 1.93. The zero-order chi connectivity index (χ0) is 19.7. The number of rotatable bonds is 5. The van der Waals surface area contributed by atoms with E-state index < -0.39 is 0 Å². The van der Waals surface area contributed by atoms with Crippen LogP contribution in [0.2, 0.25) is 0 Å². The van der Waals surface area contributed by atoms with E-state index in [-0.39, 0.29) is 16.7 Å². The van der Waals surface area contributed by atoms with Gasteiger partial charge in [0.05, 0.1) is 16.4 Å². The first-order chi connectivity index (χ1) is 12.8. The molecule has 27 heavy (non-hydrogen) atoms. The van der Waals surface area contributed by atoms with Gasteiger partial charge in [-0.05, 0) is 57.9 Å². The largest absolute Gasteiger partial charge is 0.342 e. The van der Waals surface area contributed by atoms with Crippen LogP contribution >= 0.6 is 23.1 Å². The Morgan fingerprint density at radius 1 is 1.33 bits per heavy atom. The first-order valence-corrected chi connectivity index (χ1v) is 11.5. The number of carbonyl (C=O) groups is 1. The predicted molar refractivity (Wildman–Crippen MR) is 115 cm³/mol. The molecular weight excluding hydrogens is 378 g/mol. The molecular formula is C20H29N3O2S2. The quantitative estimate of drug-likeness (QED) is 0.804. The highest BCUT2D eigenvalue weighted by atomic mass is 32.2. The number of thiophene rings is 1. The van der Waals surface area contributed by atoms with Gasteiger partial charge in [-0.15, -0.1) is 23.1 Å². The normalized spacial score (nSPS) is 21.4. The van der Waals surface area contributed by atoms with Gasteiger partial charge in [0, 0.05) is 18.0 Å². The van der Waals surface area contributed by atoms with Crippen LogP contribution in [0.15, 0.2) is 4.79 Å². The third-order valence-electron chi connectivity index (χ3n) is 5.79. The average molecular weight is 408 g/mol. The minimum Gasteiger partial charge on any atom is -0.342 e. The molecule has 1 aliphatic rings. The summed E-state index contributed by atoms with van der Waals surface area (Å²) in [4.78, 5) is 36.5. The number of fused-ring (bicyclic) bond motifs is 1. The molecule has 0 spiro atoms. The van der Waals surface area contributed by atoms with Gasteiger partial charge >= 0.3 is 0 Å². The summed E-state index contributed by atoms with van der Waals surface area (Å²) >= 11 is 3.10. The fourth-order valence-corrected chi connectivity index (χ4v) is 5.64. The number of aromatic amines is 1. The van der Waals surface area contributed by atoms with Gasteiger partial charge in [0.1, 0.15) is 10.7 Å². The lowest BCUT2D eigenvalue weighted by molar-refractivity contribution is -0.131. The van der Waals surface area contributed by atoms with E-state index in [4.69, 9.17) is 0 Å². The van der Waals surface area contributed by atoms with Crippen LogP contribution in [0.5, 0.6) is 0 Å². The lowest BCUT2D eigenvalue weighted by Gasteiger charge is -2.34. The summed E-state index contributed by atoms with van der Waals surface area (Å²) < 4.78 is 0. The van der Waals surface area contributed by atoms with E-state index >= 15 is 0 Å². The van der Waals surface area contributed by atoms with Crippen molar-refractivity contribution in [2.45, 2.75) is 70.4 Å². The Morgan fingerprint density at radius 2 is 2.00 bits per heavy atom. The molecule has 7 heteroatoms. The summed E-state index contributed by atoms with van der Waals surface area (Å²) in [5.41, 5.74) is 0.930. The second-order valence-electron chi connectivity index (χ2n) is 7.79. The zero-order valence-corrected chi connectivity index (χ0v) is 18.4. The van der Waals surface area contributed by atoms with Crippen molar-refractivity contribution < 1.29 is 4.79 Å². The summed E-state index contributed by atoms with van der Waals surface area (Å²) in [6, 6.07) is 0.364. The minimum atomic E-state index is -0.151. The van der Waals surface area contributed by atoms with E-state index in [0.717, 1.165) is 34.0 Å². The Kier molecular flexibility index (Phi) is 6.31. The predicted octanol–water partition coefficient (Wildman–Crippen LogP) is 4.26. The maximum absolute atomic E-state index is 12.8. The number of thioether (sulfide) groups is 1. The van der Waals surface area contributed by atoms with Crippen LogP contribution in [0, 0.1) is 19.8 Å². The molecule has 148 valence electrons. The van der Waals surface area contributed by atoms with Gasteiger partial charge in [0.15, 0.2) is 0 Å². The third-order valence-corrected chi connectivity index (χ3v) is 8.03. The van der Waals surface area contributed by atoms with Crippen LogP contribution in [0.3, 0.4) is 0 Å². The standard InChI is InChI=1S/C20H29N3O2S2/c1-11-6-8-15(9-7-11)23(5)20(25)14(4)26-10-16-21-18(24)17-12(2)13(3)27-19(17)22-16/h11,14-15H,6-10H2,1-5H3,(H,21,22,24)/t11?,14-,15?/m1/s1. The van der Waals surface area contributed by atoms with Crippen LogP contribution in [0.25, 0.3) is 10.2 Å². The SMILES string of the molecule is Cc1sc2nc(CS[C@H](C)C(=O)N(C)C3CCC(C)CC3)[nH]c(=O)c2c1C. The van der Waals surface area contributed by atoms with Crippen molar-refractivity contribution in [3.05, 3.63) is 26.6 Å². The number of hydrogen-bond acceptors (Lipinski definition) is 5. The molecule has 0 bridgehead atoms. The fraction of sp³-hybridized carbons (Fsp3) is 0.650. The number of aryl methyl sites for hydroxylation is 2. The lowest BCUT2D eigenvalue weighted by atomic mass is 9.86. The maximum atomic E-state index is 12.8. The first-order valence-electron chi connectivity index (χ1n) is 9.65. The molecule has 5 nitrogen and oxygen atoms in total. The van der Waals surface area contributed by atoms with Crippen LogP contribution in [0.1, 0.15) is 55.8 Å². The molecule has 2 aromatic heterocycles. The van der Waals surface area contributed by atoms with Gasteiger partial charge in [0.2, 0.25) is 5.91 Å². The Hall–Kier alpha value is -1.34. The number of hydrogen-bond donors (Lipinski definition) is 1. The van der Waals surface area contributed by atoms with E-state index in [1.165, 1.54) is 24.6 Å². The molecule has 1 atom stereocenters. The van der Waals surface area contributed by atoms with Crippen LogP contribution in [-0.4, -0.2) is 39.1 Å². The van der Waals surface area contributed by atoms with E-state index in [0.29, 0.717) is 23.0 Å². The molecule has 1 saturated carbocycles. The molecule has 0 saturated heterocycles. The van der Waals surface area contributed by atoms with Gasteiger partial charge in [-0.1, -0.05) is 6.92 Å². The van der Waals surface area contributed by atoms with Crippen molar-refractivity contribution in [2.75, 3.05) is 7.05 Å². The maximum Gasteiger partial charge on any atom is 0.259 e. The summed E-state index contributed by atoms with van der Waals surface area (Å²) in [6.07, 6.45) is 4.61. The molecule has 1 N–H and O–H groups in total. The van der Waals surface area contributed by atoms with Crippen molar-refractivity contribution >= 4 is 39.2 Å². The average Bonchev–Trinajstić information content (AvgIpc) is 2.93. The van der Waals surface area contributed by atoms with Crippen molar-refractivity contribution in [2.24, 2.45) is 5.92 Å². The monoisotopic (exact) mass is 407 g/mol. The van der Waals surface area contributed by atoms with Crippen molar-refractivity contribution in [1.29, 1.82) is 0 Å². The van der Waals surface area contributed by atoms with Crippen molar-refractivity contribution in [3.8, 4) is 0 Å². The number of amides is 1. The number of carbonyl (C=O) groups excluding carboxylic acids is 1. The summed E-state index contributed by atoms with van der Waals surface area (Å²) in [5.74, 6) is 2.13. The highest BCUT2D eigenvalue weighted by Gasteiger charge is 2.27.